The Morgan fingerprint density at radius 3 is 2.46 bits per heavy atom. The molecule has 2 aromatic rings. The van der Waals surface area contributed by atoms with E-state index in [1.54, 1.807) is 0 Å². The Morgan fingerprint density at radius 1 is 1.25 bits per heavy atom. The molecule has 28 heavy (non-hydrogen) atoms. The van der Waals surface area contributed by atoms with Gasteiger partial charge in [0.2, 0.25) is 17.4 Å². The van der Waals surface area contributed by atoms with Crippen molar-refractivity contribution in [2.24, 2.45) is 5.72 Å². The molecule has 6 nitrogen and oxygen atoms in total. The van der Waals surface area contributed by atoms with E-state index in [1.165, 1.54) is 0 Å². The van der Waals surface area contributed by atoms with Crippen LogP contribution in [0.3, 0.4) is 0 Å². The van der Waals surface area contributed by atoms with Gasteiger partial charge in [0, 0.05) is 5.56 Å². The lowest BCUT2D eigenvalue weighted by molar-refractivity contribution is -0.137. The van der Waals surface area contributed by atoms with Gasteiger partial charge in [-0.1, -0.05) is 42.3 Å². The summed E-state index contributed by atoms with van der Waals surface area (Å²) >= 11 is 0. The van der Waals surface area contributed by atoms with Crippen LogP contribution in [0.2, 0.25) is 2.82 Å². The van der Waals surface area contributed by atoms with Crippen LogP contribution in [0, 0.1) is 0 Å². The standard InChI is InChI=1S/C18H14F3NO5S/c19-18(20,21)13-8-6-12(7-9-13)15-14(23)16(17(22)26-15)27-28(24,25)10-11-4-2-1-3-5-11/h1-9,15H,10,22H2/i1D,2D,3D,4D,5D,10D2,15D/hD2. The maximum absolute atomic E-state index is 13.0. The van der Waals surface area contributed by atoms with Crippen molar-refractivity contribution in [2.75, 3.05) is 0 Å². The number of nitrogens with two attached hydrogens (primary N) is 1. The third-order valence-electron chi connectivity index (χ3n) is 3.20. The molecule has 10 heteroatoms. The SMILES string of the molecule is [2H]c1c([2H])c([2H])c(C([2H])([2H])S(=O)(=O)OC2=C(N([2H])[2H])OC([2H])(c3ccc(C(F)(F)F)cc3)C2=O)c([2H])c1[2H]. The van der Waals surface area contributed by atoms with E-state index < -0.39 is 98.1 Å². The van der Waals surface area contributed by atoms with E-state index in [0.29, 0.717) is 24.3 Å². The van der Waals surface area contributed by atoms with E-state index in [0.717, 1.165) is 0 Å². The van der Waals surface area contributed by atoms with Gasteiger partial charge in [-0.15, -0.1) is 0 Å². The normalized spacial score (nSPS) is 25.6. The Morgan fingerprint density at radius 2 is 1.89 bits per heavy atom. The molecule has 0 amide bonds. The predicted octanol–water partition coefficient (Wildman–Crippen LogP) is 3.02. The van der Waals surface area contributed by atoms with E-state index in [2.05, 4.69) is 4.18 Å². The van der Waals surface area contributed by atoms with E-state index in [4.69, 9.17) is 18.5 Å². The zero-order valence-corrected chi connectivity index (χ0v) is 14.2. The molecule has 3 rings (SSSR count). The fourth-order valence-corrected chi connectivity index (χ4v) is 2.78. The quantitative estimate of drug-likeness (QED) is 0.718. The van der Waals surface area contributed by atoms with Crippen molar-refractivity contribution in [3.63, 3.8) is 0 Å². The van der Waals surface area contributed by atoms with Crippen molar-refractivity contribution >= 4 is 15.9 Å². The summed E-state index contributed by atoms with van der Waals surface area (Å²) in [6.45, 7) is 0. The number of Topliss-reactive ketones (excluding diaryl/α,β-unsaturated/α-hetero) is 1. The molecule has 1 heterocycles. The molecule has 1 unspecified atom stereocenters. The molecule has 2 N–H and O–H groups in total. The Balaban J connectivity index is 2.09. The van der Waals surface area contributed by atoms with Crippen LogP contribution in [0.1, 0.15) is 33.7 Å². The Kier molecular flexibility index (Phi) is 2.70. The first-order valence-corrected chi connectivity index (χ1v) is 8.54. The molecule has 0 saturated heterocycles. The summed E-state index contributed by atoms with van der Waals surface area (Å²) in [6, 6.07) is -3.39. The summed E-state index contributed by atoms with van der Waals surface area (Å²) in [5, 5.41) is 0. The van der Waals surface area contributed by atoms with E-state index in [-0.39, 0.29) is 0 Å². The highest BCUT2D eigenvalue weighted by molar-refractivity contribution is 7.86. The molecule has 2 aromatic carbocycles. The molecule has 0 fully saturated rings. The molecule has 0 bridgehead atoms. The summed E-state index contributed by atoms with van der Waals surface area (Å²) in [5.74, 6) is -4.69. The van der Waals surface area contributed by atoms with E-state index in [1.807, 2.05) is 0 Å². The fourth-order valence-electron chi connectivity index (χ4n) is 2.02. The van der Waals surface area contributed by atoms with Crippen molar-refractivity contribution in [2.45, 2.75) is 18.0 Å². The van der Waals surface area contributed by atoms with Crippen LogP contribution in [0.15, 0.2) is 66.1 Å². The second kappa shape index (κ2) is 7.19. The van der Waals surface area contributed by atoms with Crippen molar-refractivity contribution in [3.8, 4) is 0 Å². The van der Waals surface area contributed by atoms with E-state index in [9.17, 15) is 26.4 Å². The highest BCUT2D eigenvalue weighted by atomic mass is 32.2. The zero-order chi connectivity index (χ0) is 29.2. The molecule has 0 spiro atoms. The number of carbonyl (C=O) groups excluding carboxylic acids is 1. The number of benzene rings is 2. The average Bonchev–Trinajstić information content (AvgIpc) is 3.07. The molecule has 0 radical (unpaired) electrons. The number of carbonyl (C=O) groups is 1. The van der Waals surface area contributed by atoms with E-state index >= 15 is 0 Å². The summed E-state index contributed by atoms with van der Waals surface area (Å²) in [7, 11) is -5.86. The van der Waals surface area contributed by atoms with Gasteiger partial charge < -0.3 is 14.6 Å². The van der Waals surface area contributed by atoms with Crippen LogP contribution < -0.4 is 5.72 Å². The summed E-state index contributed by atoms with van der Waals surface area (Å²) in [6.07, 6.45) is -7.84. The van der Waals surface area contributed by atoms with Crippen LogP contribution in [-0.4, -0.2) is 14.2 Å². The van der Waals surface area contributed by atoms with Gasteiger partial charge in [0.1, 0.15) is 5.70 Å². The van der Waals surface area contributed by atoms with Crippen LogP contribution in [0.25, 0.3) is 0 Å². The largest absolute Gasteiger partial charge is 0.460 e. The summed E-state index contributed by atoms with van der Waals surface area (Å²) < 4.78 is 151. The van der Waals surface area contributed by atoms with Crippen molar-refractivity contribution in [1.82, 2.24) is 0 Å². The van der Waals surface area contributed by atoms with Gasteiger partial charge in [0.15, 0.2) is 8.90 Å². The van der Waals surface area contributed by atoms with Gasteiger partial charge in [-0.2, -0.15) is 21.6 Å². The topological polar surface area (TPSA) is 95.7 Å². The van der Waals surface area contributed by atoms with Gasteiger partial charge >= 0.3 is 16.3 Å². The smallest absolute Gasteiger partial charge is 0.416 e. The van der Waals surface area contributed by atoms with Crippen LogP contribution in [-0.2, 0) is 35.7 Å². The third-order valence-corrected chi connectivity index (χ3v) is 4.04. The lowest BCUT2D eigenvalue weighted by Crippen LogP contribution is -2.16. The first kappa shape index (κ1) is 10.5. The predicted molar refractivity (Wildman–Crippen MR) is 91.6 cm³/mol. The van der Waals surface area contributed by atoms with Gasteiger partial charge in [-0.3, -0.25) is 4.79 Å². The van der Waals surface area contributed by atoms with Gasteiger partial charge in [-0.25, -0.2) is 0 Å². The minimum absolute atomic E-state index is 0.480. The van der Waals surface area contributed by atoms with Crippen LogP contribution in [0.5, 0.6) is 0 Å². The number of ketones is 1. The molecule has 148 valence electrons. The molecule has 0 aromatic heterocycles. The summed E-state index contributed by atoms with van der Waals surface area (Å²) in [5.41, 5.74) is -7.60. The molecule has 1 atom stereocenters. The van der Waals surface area contributed by atoms with Crippen molar-refractivity contribution in [1.29, 1.82) is 0 Å². The minimum atomic E-state index is -5.86. The molecule has 0 saturated carbocycles. The number of halogens is 3. The zero-order valence-electron chi connectivity index (χ0n) is 23.3. The second-order valence-electron chi connectivity index (χ2n) is 5.11. The van der Waals surface area contributed by atoms with Crippen LogP contribution in [0.4, 0.5) is 13.2 Å². The Bertz CT molecular complexity index is 1440. The van der Waals surface area contributed by atoms with Crippen molar-refractivity contribution in [3.05, 3.63) is 82.8 Å². The van der Waals surface area contributed by atoms with Crippen LogP contribution >= 0.6 is 0 Å². The first-order valence-electron chi connectivity index (χ1n) is 12.0. The molecular formula is C18H14F3NO5S. The molecule has 0 aliphatic carbocycles. The second-order valence-corrected chi connectivity index (χ2v) is 6.39. The Labute approximate surface area is 172 Å². The number of rotatable bonds is 6. The van der Waals surface area contributed by atoms with Gasteiger partial charge in [0.25, 0.3) is 0 Å². The Hall–Kier alpha value is -3.01. The minimum Gasteiger partial charge on any atom is -0.460 e. The van der Waals surface area contributed by atoms with Gasteiger partial charge in [0.05, 0.1) is 16.5 Å². The lowest BCUT2D eigenvalue weighted by atomic mass is 10.0. The summed E-state index contributed by atoms with van der Waals surface area (Å²) in [4.78, 5) is 13.0. The number of ether oxygens (including phenoxy) is 1. The first-order chi connectivity index (χ1) is 17.2. The third kappa shape index (κ3) is 4.28. The lowest BCUT2D eigenvalue weighted by Gasteiger charge is -2.12. The maximum atomic E-state index is 13.0. The van der Waals surface area contributed by atoms with Crippen molar-refractivity contribution < 1.29 is 49.1 Å². The van der Waals surface area contributed by atoms with Gasteiger partial charge in [-0.05, 0) is 17.7 Å². The highest BCUT2D eigenvalue weighted by Crippen LogP contribution is 2.35. The number of hydrogen-bond donors (Lipinski definition) is 1. The maximum Gasteiger partial charge on any atom is 0.416 e. The fraction of sp³-hybridized carbons (Fsp3) is 0.167. The monoisotopic (exact) mass is 423 g/mol. The molecule has 1 aliphatic rings. The number of hydrogen-bond acceptors (Lipinski definition) is 6. The molecule has 1 aliphatic heterocycles. The number of alkyl halides is 3. The molecular weight excluding hydrogens is 399 g/mol. The average molecular weight is 423 g/mol. The highest BCUT2D eigenvalue weighted by Gasteiger charge is 2.40.